The summed E-state index contributed by atoms with van der Waals surface area (Å²) in [4.78, 5) is 26.9. The molecule has 0 aliphatic carbocycles. The van der Waals surface area contributed by atoms with Crippen LogP contribution in [0.25, 0.3) is 16.8 Å². The fraction of sp³-hybridized carbons (Fsp3) is 0.0714. The fourth-order valence-electron chi connectivity index (χ4n) is 3.96. The van der Waals surface area contributed by atoms with Gasteiger partial charge in [-0.25, -0.2) is 4.90 Å². The van der Waals surface area contributed by atoms with Gasteiger partial charge < -0.3 is 9.47 Å². The normalized spacial score (nSPS) is 14.6. The predicted octanol–water partition coefficient (Wildman–Crippen LogP) is 7.98. The molecule has 0 radical (unpaired) electrons. The summed E-state index contributed by atoms with van der Waals surface area (Å²) in [5.41, 5.74) is 2.08. The SMILES string of the molecule is COc1cc(/C=C2/SC(=O)N(c3ccc(Cl)cc3)C2=O)cc(Cl)c1OCc1cccc2ccccc12. The highest BCUT2D eigenvalue weighted by atomic mass is 35.5. The van der Waals surface area contributed by atoms with Gasteiger partial charge in [0, 0.05) is 5.02 Å². The summed E-state index contributed by atoms with van der Waals surface area (Å²) >= 11 is 13.4. The van der Waals surface area contributed by atoms with Crippen molar-refractivity contribution in [2.75, 3.05) is 12.0 Å². The van der Waals surface area contributed by atoms with E-state index in [0.717, 1.165) is 33.0 Å². The molecular formula is C28H19Cl2NO4S. The Morgan fingerprint density at radius 2 is 1.69 bits per heavy atom. The van der Waals surface area contributed by atoms with Crippen LogP contribution in [0.15, 0.2) is 83.8 Å². The molecule has 0 atom stereocenters. The summed E-state index contributed by atoms with van der Waals surface area (Å²) in [5, 5.41) is 2.69. The minimum atomic E-state index is -0.418. The van der Waals surface area contributed by atoms with Gasteiger partial charge in [-0.05, 0) is 76.1 Å². The van der Waals surface area contributed by atoms with E-state index in [-0.39, 0.29) is 10.1 Å². The van der Waals surface area contributed by atoms with Gasteiger partial charge in [0.1, 0.15) is 6.61 Å². The largest absolute Gasteiger partial charge is 0.493 e. The zero-order valence-corrected chi connectivity index (χ0v) is 21.4. The lowest BCUT2D eigenvalue weighted by Gasteiger charge is -2.15. The molecule has 1 heterocycles. The van der Waals surface area contributed by atoms with Gasteiger partial charge in [-0.1, -0.05) is 65.7 Å². The number of imide groups is 1. The molecule has 8 heteroatoms. The molecule has 2 amide bonds. The molecule has 0 aromatic heterocycles. The second kappa shape index (κ2) is 10.3. The van der Waals surface area contributed by atoms with Crippen molar-refractivity contribution >= 4 is 68.6 Å². The molecule has 36 heavy (non-hydrogen) atoms. The molecule has 0 bridgehead atoms. The first kappa shape index (κ1) is 24.3. The number of hydrogen-bond donors (Lipinski definition) is 0. The third-order valence-corrected chi connectivity index (χ3v) is 7.08. The molecule has 5 nitrogen and oxygen atoms in total. The molecule has 0 unspecified atom stereocenters. The number of benzene rings is 4. The first-order valence-electron chi connectivity index (χ1n) is 10.9. The molecule has 0 N–H and O–H groups in total. The standard InChI is InChI=1S/C28H19Cl2NO4S/c1-34-24-14-17(15-25-27(32)31(28(33)36-25)21-11-9-20(29)10-12-21)13-23(30)26(24)35-16-19-7-4-6-18-5-2-3-8-22(18)19/h2-15H,16H2,1H3/b25-15+. The topological polar surface area (TPSA) is 55.8 Å². The van der Waals surface area contributed by atoms with E-state index in [1.807, 2.05) is 30.3 Å². The molecular weight excluding hydrogens is 517 g/mol. The Hall–Kier alpha value is -3.45. The van der Waals surface area contributed by atoms with Gasteiger partial charge in [0.25, 0.3) is 11.1 Å². The molecule has 1 saturated heterocycles. The zero-order valence-electron chi connectivity index (χ0n) is 19.0. The minimum absolute atomic E-state index is 0.275. The number of anilines is 1. The Bertz CT molecular complexity index is 1510. The van der Waals surface area contributed by atoms with Crippen LogP contribution in [0.4, 0.5) is 10.5 Å². The summed E-state index contributed by atoms with van der Waals surface area (Å²) < 4.78 is 11.6. The number of fused-ring (bicyclic) bond motifs is 1. The number of rotatable bonds is 6. The van der Waals surface area contributed by atoms with E-state index in [1.165, 1.54) is 7.11 Å². The number of carbonyl (C=O) groups excluding carboxylic acids is 2. The van der Waals surface area contributed by atoms with Crippen LogP contribution >= 0.6 is 35.0 Å². The average Bonchev–Trinajstić information content (AvgIpc) is 3.16. The lowest BCUT2D eigenvalue weighted by Crippen LogP contribution is -2.27. The molecule has 4 aromatic rings. The fourth-order valence-corrected chi connectivity index (χ4v) is 5.20. The van der Waals surface area contributed by atoms with Gasteiger partial charge in [0.2, 0.25) is 0 Å². The Morgan fingerprint density at radius 1 is 0.944 bits per heavy atom. The Morgan fingerprint density at radius 3 is 2.47 bits per heavy atom. The summed E-state index contributed by atoms with van der Waals surface area (Å²) in [5.74, 6) is 0.406. The van der Waals surface area contributed by atoms with E-state index in [0.29, 0.717) is 39.4 Å². The summed E-state index contributed by atoms with van der Waals surface area (Å²) in [6.07, 6.45) is 1.61. The van der Waals surface area contributed by atoms with Crippen LogP contribution in [0, 0.1) is 0 Å². The molecule has 1 aliphatic rings. The Kier molecular flexibility index (Phi) is 6.92. The first-order valence-corrected chi connectivity index (χ1v) is 12.5. The molecule has 4 aromatic carbocycles. The van der Waals surface area contributed by atoms with Crippen LogP contribution in [-0.2, 0) is 11.4 Å². The van der Waals surface area contributed by atoms with Gasteiger partial charge in [0.15, 0.2) is 11.5 Å². The van der Waals surface area contributed by atoms with Gasteiger partial charge >= 0.3 is 0 Å². The number of methoxy groups -OCH3 is 1. The molecule has 1 aliphatic heterocycles. The van der Waals surface area contributed by atoms with Crippen molar-refractivity contribution in [3.63, 3.8) is 0 Å². The van der Waals surface area contributed by atoms with Crippen LogP contribution < -0.4 is 14.4 Å². The van der Waals surface area contributed by atoms with Crippen LogP contribution in [0.2, 0.25) is 10.0 Å². The van der Waals surface area contributed by atoms with Crippen molar-refractivity contribution < 1.29 is 19.1 Å². The number of carbonyl (C=O) groups is 2. The van der Waals surface area contributed by atoms with Crippen LogP contribution in [0.3, 0.4) is 0 Å². The van der Waals surface area contributed by atoms with E-state index in [2.05, 4.69) is 12.1 Å². The lowest BCUT2D eigenvalue weighted by molar-refractivity contribution is -0.113. The van der Waals surface area contributed by atoms with Crippen molar-refractivity contribution in [1.82, 2.24) is 0 Å². The maximum Gasteiger partial charge on any atom is 0.298 e. The van der Waals surface area contributed by atoms with Crippen molar-refractivity contribution in [2.24, 2.45) is 0 Å². The van der Waals surface area contributed by atoms with Gasteiger partial charge in [-0.15, -0.1) is 0 Å². The summed E-state index contributed by atoms with van der Waals surface area (Å²) in [6, 6.07) is 24.1. The van der Waals surface area contributed by atoms with Crippen LogP contribution in [0.1, 0.15) is 11.1 Å². The smallest absolute Gasteiger partial charge is 0.298 e. The number of halogens is 2. The summed E-state index contributed by atoms with van der Waals surface area (Å²) in [6.45, 7) is 0.302. The maximum absolute atomic E-state index is 13.0. The highest BCUT2D eigenvalue weighted by Gasteiger charge is 2.36. The van der Waals surface area contributed by atoms with Crippen molar-refractivity contribution in [1.29, 1.82) is 0 Å². The number of ether oxygens (including phenoxy) is 2. The average molecular weight is 536 g/mol. The van der Waals surface area contributed by atoms with Crippen LogP contribution in [0.5, 0.6) is 11.5 Å². The minimum Gasteiger partial charge on any atom is -0.493 e. The first-order chi connectivity index (χ1) is 17.4. The predicted molar refractivity (Wildman–Crippen MR) is 146 cm³/mol. The third-order valence-electron chi connectivity index (χ3n) is 5.68. The van der Waals surface area contributed by atoms with Crippen LogP contribution in [-0.4, -0.2) is 18.3 Å². The Labute approximate surface area is 222 Å². The lowest BCUT2D eigenvalue weighted by atomic mass is 10.1. The highest BCUT2D eigenvalue weighted by molar-refractivity contribution is 8.19. The molecule has 1 fully saturated rings. The van der Waals surface area contributed by atoms with Crippen molar-refractivity contribution in [3.8, 4) is 11.5 Å². The molecule has 0 saturated carbocycles. The third kappa shape index (κ3) is 4.80. The van der Waals surface area contributed by atoms with E-state index < -0.39 is 5.91 Å². The van der Waals surface area contributed by atoms with Gasteiger partial charge in [-0.3, -0.25) is 9.59 Å². The molecule has 5 rings (SSSR count). The van der Waals surface area contributed by atoms with E-state index in [4.69, 9.17) is 32.7 Å². The summed E-state index contributed by atoms with van der Waals surface area (Å²) in [7, 11) is 1.52. The molecule has 0 spiro atoms. The number of nitrogens with zero attached hydrogens (tertiary/aromatic N) is 1. The number of amides is 2. The zero-order chi connectivity index (χ0) is 25.2. The van der Waals surface area contributed by atoms with Crippen molar-refractivity contribution in [2.45, 2.75) is 6.61 Å². The Balaban J connectivity index is 1.40. The van der Waals surface area contributed by atoms with Gasteiger partial charge in [-0.2, -0.15) is 0 Å². The van der Waals surface area contributed by atoms with E-state index >= 15 is 0 Å². The van der Waals surface area contributed by atoms with Gasteiger partial charge in [0.05, 0.1) is 22.7 Å². The maximum atomic E-state index is 13.0. The van der Waals surface area contributed by atoms with E-state index in [1.54, 1.807) is 42.5 Å². The monoisotopic (exact) mass is 535 g/mol. The second-order valence-corrected chi connectivity index (χ2v) is 9.79. The van der Waals surface area contributed by atoms with Crippen molar-refractivity contribution in [3.05, 3.63) is 105 Å². The quantitative estimate of drug-likeness (QED) is 0.234. The number of thioether (sulfide) groups is 1. The van der Waals surface area contributed by atoms with E-state index in [9.17, 15) is 9.59 Å². The molecule has 180 valence electrons. The second-order valence-electron chi connectivity index (χ2n) is 7.95. The number of hydrogen-bond acceptors (Lipinski definition) is 5. The highest BCUT2D eigenvalue weighted by Crippen LogP contribution is 2.40.